The molecule has 2 aliphatic carbocycles. The average molecular weight is 223 g/mol. The molecule has 0 radical (unpaired) electrons. The van der Waals surface area contributed by atoms with Crippen LogP contribution in [0.4, 0.5) is 0 Å². The summed E-state index contributed by atoms with van der Waals surface area (Å²) in [7, 11) is 0. The Morgan fingerprint density at radius 3 is 2.69 bits per heavy atom. The first-order valence-corrected chi connectivity index (χ1v) is 7.04. The van der Waals surface area contributed by atoms with Crippen LogP contribution >= 0.6 is 0 Å². The van der Waals surface area contributed by atoms with E-state index in [1.54, 1.807) is 0 Å². The SMILES string of the molecule is NC1CCC(CNC2CCN(C3CC3)C2)C1. The normalized spacial score (nSPS) is 40.7. The van der Waals surface area contributed by atoms with Crippen LogP contribution in [-0.2, 0) is 0 Å². The zero-order valence-corrected chi connectivity index (χ0v) is 10.2. The van der Waals surface area contributed by atoms with Gasteiger partial charge in [0.05, 0.1) is 0 Å². The molecule has 92 valence electrons. The summed E-state index contributed by atoms with van der Waals surface area (Å²) in [5, 5.41) is 3.76. The van der Waals surface area contributed by atoms with E-state index in [-0.39, 0.29) is 0 Å². The Balaban J connectivity index is 1.36. The highest BCUT2D eigenvalue weighted by Gasteiger charge is 2.34. The van der Waals surface area contributed by atoms with Gasteiger partial charge < -0.3 is 11.1 Å². The Hall–Kier alpha value is -0.120. The fourth-order valence-electron chi connectivity index (χ4n) is 3.36. The van der Waals surface area contributed by atoms with Crippen molar-refractivity contribution >= 4 is 0 Å². The van der Waals surface area contributed by atoms with Crippen LogP contribution in [-0.4, -0.2) is 42.7 Å². The standard InChI is InChI=1S/C13H25N3/c14-11-2-1-10(7-11)8-15-12-5-6-16(9-12)13-3-4-13/h10-13,15H,1-9,14H2. The van der Waals surface area contributed by atoms with Crippen LogP contribution in [0.1, 0.15) is 38.5 Å². The third-order valence-corrected chi connectivity index (χ3v) is 4.56. The number of rotatable bonds is 4. The lowest BCUT2D eigenvalue weighted by Crippen LogP contribution is -2.36. The molecule has 0 spiro atoms. The van der Waals surface area contributed by atoms with Crippen molar-refractivity contribution in [2.75, 3.05) is 19.6 Å². The van der Waals surface area contributed by atoms with Crippen molar-refractivity contribution in [2.45, 2.75) is 56.7 Å². The molecule has 3 fully saturated rings. The Labute approximate surface area is 98.8 Å². The number of nitrogens with two attached hydrogens (primary N) is 1. The summed E-state index contributed by atoms with van der Waals surface area (Å²) in [6, 6.07) is 2.20. The van der Waals surface area contributed by atoms with Gasteiger partial charge in [-0.1, -0.05) is 0 Å². The molecule has 3 unspecified atom stereocenters. The molecule has 1 heterocycles. The zero-order valence-electron chi connectivity index (χ0n) is 10.2. The number of nitrogens with one attached hydrogen (secondary N) is 1. The lowest BCUT2D eigenvalue weighted by Gasteiger charge is -2.18. The van der Waals surface area contributed by atoms with Gasteiger partial charge in [0, 0.05) is 31.2 Å². The van der Waals surface area contributed by atoms with Crippen LogP contribution in [0.25, 0.3) is 0 Å². The molecule has 3 rings (SSSR count). The monoisotopic (exact) mass is 223 g/mol. The van der Waals surface area contributed by atoms with Gasteiger partial charge in [-0.3, -0.25) is 4.90 Å². The van der Waals surface area contributed by atoms with Crippen molar-refractivity contribution in [1.82, 2.24) is 10.2 Å². The second kappa shape index (κ2) is 4.63. The number of hydrogen-bond acceptors (Lipinski definition) is 3. The molecule has 16 heavy (non-hydrogen) atoms. The maximum Gasteiger partial charge on any atom is 0.0207 e. The van der Waals surface area contributed by atoms with Crippen LogP contribution in [0.2, 0.25) is 0 Å². The summed E-state index contributed by atoms with van der Waals surface area (Å²) in [6.45, 7) is 3.83. The highest BCUT2D eigenvalue weighted by atomic mass is 15.2. The third-order valence-electron chi connectivity index (χ3n) is 4.56. The minimum absolute atomic E-state index is 0.485. The zero-order chi connectivity index (χ0) is 11.0. The average Bonchev–Trinajstić information content (AvgIpc) is 2.87. The minimum Gasteiger partial charge on any atom is -0.328 e. The van der Waals surface area contributed by atoms with E-state index in [1.807, 2.05) is 0 Å². The van der Waals surface area contributed by atoms with Crippen molar-refractivity contribution in [2.24, 2.45) is 11.7 Å². The first-order chi connectivity index (χ1) is 7.81. The molecule has 1 saturated heterocycles. The van der Waals surface area contributed by atoms with Gasteiger partial charge in [0.25, 0.3) is 0 Å². The maximum absolute atomic E-state index is 5.94. The number of hydrogen-bond donors (Lipinski definition) is 2. The van der Waals surface area contributed by atoms with Crippen molar-refractivity contribution in [3.63, 3.8) is 0 Å². The van der Waals surface area contributed by atoms with Crippen molar-refractivity contribution in [3.05, 3.63) is 0 Å². The topological polar surface area (TPSA) is 41.3 Å². The van der Waals surface area contributed by atoms with Gasteiger partial charge in [-0.2, -0.15) is 0 Å². The summed E-state index contributed by atoms with van der Waals surface area (Å²) < 4.78 is 0. The molecule has 0 aromatic carbocycles. The lowest BCUT2D eigenvalue weighted by molar-refractivity contribution is 0.314. The smallest absolute Gasteiger partial charge is 0.0207 e. The molecule has 3 N–H and O–H groups in total. The minimum atomic E-state index is 0.485. The lowest BCUT2D eigenvalue weighted by atomic mass is 10.1. The van der Waals surface area contributed by atoms with Gasteiger partial charge in [-0.05, 0) is 51.0 Å². The van der Waals surface area contributed by atoms with E-state index in [1.165, 1.54) is 58.2 Å². The van der Waals surface area contributed by atoms with Gasteiger partial charge in [0.1, 0.15) is 0 Å². The fourth-order valence-corrected chi connectivity index (χ4v) is 3.36. The quantitative estimate of drug-likeness (QED) is 0.745. The van der Waals surface area contributed by atoms with Crippen molar-refractivity contribution in [1.29, 1.82) is 0 Å². The van der Waals surface area contributed by atoms with Gasteiger partial charge in [-0.25, -0.2) is 0 Å². The Morgan fingerprint density at radius 2 is 2.00 bits per heavy atom. The Kier molecular flexibility index (Phi) is 3.18. The van der Waals surface area contributed by atoms with Crippen LogP contribution in [0.15, 0.2) is 0 Å². The predicted octanol–water partition coefficient (Wildman–Crippen LogP) is 0.940. The summed E-state index contributed by atoms with van der Waals surface area (Å²) in [5.74, 6) is 0.852. The first kappa shape index (κ1) is 11.0. The molecule has 0 amide bonds. The Bertz CT molecular complexity index is 239. The number of nitrogens with zero attached hydrogens (tertiary/aromatic N) is 1. The van der Waals surface area contributed by atoms with Gasteiger partial charge in [-0.15, -0.1) is 0 Å². The summed E-state index contributed by atoms with van der Waals surface area (Å²) in [6.07, 6.45) is 8.08. The second-order valence-electron chi connectivity index (χ2n) is 6.06. The van der Waals surface area contributed by atoms with E-state index in [2.05, 4.69) is 10.2 Å². The van der Waals surface area contributed by atoms with E-state index < -0.39 is 0 Å². The fraction of sp³-hybridized carbons (Fsp3) is 1.00. The third kappa shape index (κ3) is 2.58. The molecule has 2 saturated carbocycles. The first-order valence-electron chi connectivity index (χ1n) is 7.04. The molecule has 0 aromatic heterocycles. The highest BCUT2D eigenvalue weighted by Crippen LogP contribution is 2.30. The number of likely N-dealkylation sites (tertiary alicyclic amines) is 1. The predicted molar refractivity (Wildman–Crippen MR) is 66.3 cm³/mol. The molecule has 1 aliphatic heterocycles. The summed E-state index contributed by atoms with van der Waals surface area (Å²) >= 11 is 0. The van der Waals surface area contributed by atoms with Crippen molar-refractivity contribution < 1.29 is 0 Å². The maximum atomic E-state index is 5.94. The van der Waals surface area contributed by atoms with Gasteiger partial charge >= 0.3 is 0 Å². The summed E-state index contributed by atoms with van der Waals surface area (Å²) in [5.41, 5.74) is 5.94. The van der Waals surface area contributed by atoms with E-state index >= 15 is 0 Å². The second-order valence-corrected chi connectivity index (χ2v) is 6.06. The molecule has 0 aromatic rings. The molecule has 3 aliphatic rings. The van der Waals surface area contributed by atoms with Gasteiger partial charge in [0.15, 0.2) is 0 Å². The summed E-state index contributed by atoms with van der Waals surface area (Å²) in [4.78, 5) is 2.68. The van der Waals surface area contributed by atoms with E-state index in [4.69, 9.17) is 5.73 Å². The molecule has 3 nitrogen and oxygen atoms in total. The van der Waals surface area contributed by atoms with Crippen LogP contribution in [0.3, 0.4) is 0 Å². The van der Waals surface area contributed by atoms with Crippen LogP contribution in [0, 0.1) is 5.92 Å². The van der Waals surface area contributed by atoms with Crippen molar-refractivity contribution in [3.8, 4) is 0 Å². The van der Waals surface area contributed by atoms with Crippen LogP contribution < -0.4 is 11.1 Å². The largest absolute Gasteiger partial charge is 0.328 e. The molecular formula is C13H25N3. The van der Waals surface area contributed by atoms with E-state index in [0.29, 0.717) is 6.04 Å². The van der Waals surface area contributed by atoms with E-state index in [0.717, 1.165) is 18.0 Å². The van der Waals surface area contributed by atoms with E-state index in [9.17, 15) is 0 Å². The van der Waals surface area contributed by atoms with Crippen LogP contribution in [0.5, 0.6) is 0 Å². The Morgan fingerprint density at radius 1 is 1.12 bits per heavy atom. The molecule has 3 heteroatoms. The highest BCUT2D eigenvalue weighted by molar-refractivity contribution is 4.92. The molecular weight excluding hydrogens is 198 g/mol. The van der Waals surface area contributed by atoms with Gasteiger partial charge in [0.2, 0.25) is 0 Å². The molecule has 0 bridgehead atoms. The molecule has 3 atom stereocenters.